The van der Waals surface area contributed by atoms with Gasteiger partial charge in [0.2, 0.25) is 0 Å². The molecule has 1 aliphatic heterocycles. The first kappa shape index (κ1) is 19.3. The van der Waals surface area contributed by atoms with E-state index in [0.29, 0.717) is 18.1 Å². The van der Waals surface area contributed by atoms with Crippen molar-refractivity contribution in [2.75, 3.05) is 13.1 Å². The minimum Gasteiger partial charge on any atom is -0.337 e. The van der Waals surface area contributed by atoms with Crippen molar-refractivity contribution in [2.24, 2.45) is 7.05 Å². The summed E-state index contributed by atoms with van der Waals surface area (Å²) >= 11 is 6.12. The van der Waals surface area contributed by atoms with Crippen LogP contribution in [0, 0.1) is 0 Å². The van der Waals surface area contributed by atoms with E-state index in [1.165, 1.54) is 16.8 Å². The Hall–Kier alpha value is -2.99. The molecule has 7 heteroatoms. The summed E-state index contributed by atoms with van der Waals surface area (Å²) in [6.07, 6.45) is 1.86. The van der Waals surface area contributed by atoms with Crippen LogP contribution in [0.25, 0.3) is 11.3 Å². The van der Waals surface area contributed by atoms with E-state index >= 15 is 0 Å². The van der Waals surface area contributed by atoms with Crippen molar-refractivity contribution in [1.29, 1.82) is 0 Å². The molecule has 0 bridgehead atoms. The molecule has 29 heavy (non-hydrogen) atoms. The molecule has 1 unspecified atom stereocenters. The van der Waals surface area contributed by atoms with E-state index in [9.17, 15) is 9.59 Å². The first-order valence-electron chi connectivity index (χ1n) is 9.58. The van der Waals surface area contributed by atoms with Crippen LogP contribution in [0.3, 0.4) is 0 Å². The molecular formula is C22H21ClN4O2. The van der Waals surface area contributed by atoms with E-state index in [2.05, 4.69) is 5.10 Å². The summed E-state index contributed by atoms with van der Waals surface area (Å²) in [6, 6.07) is 16.5. The number of rotatable bonds is 3. The standard InChI is InChI=1S/C22H21ClN4O2/c1-26-21(28)11-10-20(25-26)22(29)27-12-4-6-16(14-27)19-9-3-8-18(24-19)15-5-2-7-17(23)13-15/h2-3,5,7-11,13,16H,4,6,12,14H2,1H3. The smallest absolute Gasteiger partial charge is 0.274 e. The Morgan fingerprint density at radius 2 is 1.97 bits per heavy atom. The van der Waals surface area contributed by atoms with E-state index in [1.54, 1.807) is 11.9 Å². The highest BCUT2D eigenvalue weighted by Gasteiger charge is 2.27. The lowest BCUT2D eigenvalue weighted by Crippen LogP contribution is -2.40. The fourth-order valence-corrected chi connectivity index (χ4v) is 3.86. The molecule has 0 saturated carbocycles. The predicted octanol–water partition coefficient (Wildman–Crippen LogP) is 3.52. The zero-order valence-corrected chi connectivity index (χ0v) is 16.8. The van der Waals surface area contributed by atoms with Crippen molar-refractivity contribution >= 4 is 17.5 Å². The van der Waals surface area contributed by atoms with E-state index < -0.39 is 0 Å². The van der Waals surface area contributed by atoms with Gasteiger partial charge in [0.25, 0.3) is 11.5 Å². The van der Waals surface area contributed by atoms with Gasteiger partial charge in [-0.2, -0.15) is 5.10 Å². The minimum atomic E-state index is -0.236. The molecule has 6 nitrogen and oxygen atoms in total. The van der Waals surface area contributed by atoms with Gasteiger partial charge in [0.1, 0.15) is 5.69 Å². The van der Waals surface area contributed by atoms with Crippen LogP contribution in [0.1, 0.15) is 34.9 Å². The number of hydrogen-bond donors (Lipinski definition) is 0. The summed E-state index contributed by atoms with van der Waals surface area (Å²) in [5.74, 6) is -0.00402. The van der Waals surface area contributed by atoms with Gasteiger partial charge in [-0.15, -0.1) is 0 Å². The van der Waals surface area contributed by atoms with Crippen LogP contribution in [0.2, 0.25) is 5.02 Å². The van der Waals surface area contributed by atoms with Gasteiger partial charge in [-0.1, -0.05) is 29.8 Å². The highest BCUT2D eigenvalue weighted by molar-refractivity contribution is 6.30. The first-order chi connectivity index (χ1) is 14.0. The van der Waals surface area contributed by atoms with Crippen molar-refractivity contribution in [3.8, 4) is 11.3 Å². The number of benzene rings is 1. The Labute approximate surface area is 173 Å². The number of hydrogen-bond acceptors (Lipinski definition) is 4. The molecule has 1 amide bonds. The topological polar surface area (TPSA) is 68.1 Å². The number of nitrogens with zero attached hydrogens (tertiary/aromatic N) is 4. The molecule has 3 heterocycles. The van der Waals surface area contributed by atoms with Crippen molar-refractivity contribution in [3.63, 3.8) is 0 Å². The fraction of sp³-hybridized carbons (Fsp3) is 0.273. The molecule has 0 aliphatic carbocycles. The average Bonchev–Trinajstić information content (AvgIpc) is 2.75. The molecular weight excluding hydrogens is 388 g/mol. The maximum atomic E-state index is 12.9. The largest absolute Gasteiger partial charge is 0.337 e. The number of amides is 1. The van der Waals surface area contributed by atoms with Gasteiger partial charge in [-0.05, 0) is 43.2 Å². The molecule has 148 valence electrons. The first-order valence-corrected chi connectivity index (χ1v) is 9.95. The second-order valence-electron chi connectivity index (χ2n) is 7.23. The molecule has 1 aromatic carbocycles. The van der Waals surface area contributed by atoms with Gasteiger partial charge in [-0.3, -0.25) is 14.6 Å². The van der Waals surface area contributed by atoms with Gasteiger partial charge >= 0.3 is 0 Å². The van der Waals surface area contributed by atoms with Crippen LogP contribution < -0.4 is 5.56 Å². The maximum Gasteiger partial charge on any atom is 0.274 e. The fourth-order valence-electron chi connectivity index (χ4n) is 3.67. The highest BCUT2D eigenvalue weighted by atomic mass is 35.5. The third-order valence-corrected chi connectivity index (χ3v) is 5.43. The van der Waals surface area contributed by atoms with Crippen molar-refractivity contribution in [2.45, 2.75) is 18.8 Å². The second kappa shape index (κ2) is 8.17. The van der Waals surface area contributed by atoms with Crippen LogP contribution in [0.5, 0.6) is 0 Å². The number of carbonyl (C=O) groups excluding carboxylic acids is 1. The zero-order chi connectivity index (χ0) is 20.4. The molecule has 1 saturated heterocycles. The Kier molecular flexibility index (Phi) is 5.45. The number of aromatic nitrogens is 3. The molecule has 2 aromatic heterocycles. The van der Waals surface area contributed by atoms with Crippen LogP contribution in [0.4, 0.5) is 0 Å². The van der Waals surface area contributed by atoms with Crippen LogP contribution >= 0.6 is 11.6 Å². The maximum absolute atomic E-state index is 12.9. The summed E-state index contributed by atoms with van der Waals surface area (Å²) in [6.45, 7) is 1.25. The van der Waals surface area contributed by atoms with Crippen molar-refractivity contribution in [3.05, 3.63) is 81.4 Å². The third kappa shape index (κ3) is 4.22. The van der Waals surface area contributed by atoms with Crippen LogP contribution in [0.15, 0.2) is 59.4 Å². The molecule has 0 radical (unpaired) electrons. The Morgan fingerprint density at radius 1 is 1.14 bits per heavy atom. The molecule has 1 fully saturated rings. The van der Waals surface area contributed by atoms with E-state index in [1.807, 2.05) is 42.5 Å². The lowest BCUT2D eigenvalue weighted by molar-refractivity contribution is 0.0697. The monoisotopic (exact) mass is 408 g/mol. The number of piperidine rings is 1. The van der Waals surface area contributed by atoms with E-state index in [-0.39, 0.29) is 23.1 Å². The second-order valence-corrected chi connectivity index (χ2v) is 7.67. The summed E-state index contributed by atoms with van der Waals surface area (Å²) in [5.41, 5.74) is 2.85. The van der Waals surface area contributed by atoms with Gasteiger partial charge in [0.05, 0.1) is 5.69 Å². The number of aryl methyl sites for hydroxylation is 1. The van der Waals surface area contributed by atoms with Gasteiger partial charge in [0.15, 0.2) is 0 Å². The van der Waals surface area contributed by atoms with E-state index in [4.69, 9.17) is 16.6 Å². The number of likely N-dealkylation sites (tertiary alicyclic amines) is 1. The zero-order valence-electron chi connectivity index (χ0n) is 16.1. The summed E-state index contributed by atoms with van der Waals surface area (Å²) < 4.78 is 1.19. The molecule has 0 N–H and O–H groups in total. The van der Waals surface area contributed by atoms with Crippen LogP contribution in [-0.2, 0) is 7.05 Å². The number of halogens is 1. The summed E-state index contributed by atoms with van der Waals surface area (Å²) in [7, 11) is 1.55. The third-order valence-electron chi connectivity index (χ3n) is 5.20. The minimum absolute atomic E-state index is 0.152. The highest BCUT2D eigenvalue weighted by Crippen LogP contribution is 2.29. The molecule has 1 atom stereocenters. The lowest BCUT2D eigenvalue weighted by atomic mass is 9.93. The van der Waals surface area contributed by atoms with Crippen molar-refractivity contribution < 1.29 is 4.79 Å². The molecule has 4 rings (SSSR count). The SMILES string of the molecule is Cn1nc(C(=O)N2CCCC(c3cccc(-c4cccc(Cl)c4)n3)C2)ccc1=O. The van der Waals surface area contributed by atoms with E-state index in [0.717, 1.165) is 29.8 Å². The molecule has 1 aliphatic rings. The molecule has 0 spiro atoms. The predicted molar refractivity (Wildman–Crippen MR) is 112 cm³/mol. The van der Waals surface area contributed by atoms with Gasteiger partial charge in [0, 0.05) is 48.4 Å². The Bertz CT molecular complexity index is 1110. The van der Waals surface area contributed by atoms with Crippen molar-refractivity contribution in [1.82, 2.24) is 19.7 Å². The molecule has 3 aromatic rings. The van der Waals surface area contributed by atoms with Crippen LogP contribution in [-0.4, -0.2) is 38.7 Å². The quantitative estimate of drug-likeness (QED) is 0.665. The normalized spacial score (nSPS) is 16.6. The average molecular weight is 409 g/mol. The van der Waals surface area contributed by atoms with Gasteiger partial charge in [-0.25, -0.2) is 4.68 Å². The number of pyridine rings is 1. The summed E-state index contributed by atoms with van der Waals surface area (Å²) in [5, 5.41) is 4.77. The lowest BCUT2D eigenvalue weighted by Gasteiger charge is -2.32. The van der Waals surface area contributed by atoms with Gasteiger partial charge < -0.3 is 4.90 Å². The Balaban J connectivity index is 1.55. The summed E-state index contributed by atoms with van der Waals surface area (Å²) in [4.78, 5) is 31.1. The Morgan fingerprint density at radius 3 is 2.76 bits per heavy atom. The number of carbonyl (C=O) groups is 1.